The quantitative estimate of drug-likeness (QED) is 0.833. The van der Waals surface area contributed by atoms with Crippen molar-refractivity contribution in [3.63, 3.8) is 0 Å². The smallest absolute Gasteiger partial charge is 0.0837 e. The van der Waals surface area contributed by atoms with Gasteiger partial charge in [0.1, 0.15) is 0 Å². The van der Waals surface area contributed by atoms with Crippen LogP contribution in [0.15, 0.2) is 35.4 Å². The zero-order valence-electron chi connectivity index (χ0n) is 11.5. The Balaban J connectivity index is 2.26. The molecule has 1 atom stereocenters. The normalized spacial score (nSPS) is 12.6. The second-order valence-corrected chi connectivity index (χ2v) is 5.63. The molecule has 6 heteroatoms. The number of hydrogen-bond donors (Lipinski definition) is 1. The Morgan fingerprint density at radius 1 is 1.40 bits per heavy atom. The molecule has 0 amide bonds. The lowest BCUT2D eigenvalue weighted by atomic mass is 10.0. The average molecular weight is 312 g/mol. The molecule has 0 aliphatic carbocycles. The molecular weight excluding hydrogens is 294 g/mol. The minimum atomic E-state index is -0.294. The van der Waals surface area contributed by atoms with Crippen molar-refractivity contribution < 1.29 is 4.74 Å². The Kier molecular flexibility index (Phi) is 5.48. The number of halogens is 1. The molecule has 2 aromatic rings. The van der Waals surface area contributed by atoms with Crippen LogP contribution in [0.3, 0.4) is 0 Å². The van der Waals surface area contributed by atoms with E-state index >= 15 is 0 Å². The molecule has 0 bridgehead atoms. The average Bonchev–Trinajstić information content (AvgIpc) is 2.85. The minimum Gasteiger partial charge on any atom is -0.383 e. The fourth-order valence-corrected chi connectivity index (χ4v) is 2.67. The summed E-state index contributed by atoms with van der Waals surface area (Å²) in [7, 11) is 1.66. The summed E-state index contributed by atoms with van der Waals surface area (Å²) in [5.74, 6) is 0. The molecule has 0 radical (unpaired) electrons. The van der Waals surface area contributed by atoms with Crippen molar-refractivity contribution in [2.75, 3.05) is 20.0 Å². The van der Waals surface area contributed by atoms with Crippen LogP contribution in [0.25, 0.3) is 0 Å². The molecule has 0 saturated carbocycles. The van der Waals surface area contributed by atoms with E-state index in [0.29, 0.717) is 18.2 Å². The predicted octanol–water partition coefficient (Wildman–Crippen LogP) is 2.95. The van der Waals surface area contributed by atoms with E-state index < -0.39 is 0 Å². The van der Waals surface area contributed by atoms with Crippen LogP contribution in [0.2, 0.25) is 5.02 Å². The predicted molar refractivity (Wildman–Crippen MR) is 83.4 cm³/mol. The topological polar surface area (TPSA) is 53.1 Å². The Morgan fingerprint density at radius 3 is 2.70 bits per heavy atom. The molecule has 0 fully saturated rings. The molecule has 0 aliphatic heterocycles. The molecule has 108 valence electrons. The summed E-state index contributed by atoms with van der Waals surface area (Å²) in [6.45, 7) is 1.21. The molecule has 1 heterocycles. The Morgan fingerprint density at radius 2 is 2.10 bits per heavy atom. The Labute approximate surface area is 128 Å². The SMILES string of the molecule is COCCn1ncc(Cl)c1C(N)c1ccc(SC)cc1. The van der Waals surface area contributed by atoms with Gasteiger partial charge in [-0.05, 0) is 24.0 Å². The number of ether oxygens (including phenoxy) is 1. The molecule has 1 aromatic carbocycles. The van der Waals surface area contributed by atoms with Gasteiger partial charge < -0.3 is 10.5 Å². The van der Waals surface area contributed by atoms with Gasteiger partial charge in [-0.1, -0.05) is 23.7 Å². The molecule has 0 aliphatic rings. The van der Waals surface area contributed by atoms with Gasteiger partial charge >= 0.3 is 0 Å². The fraction of sp³-hybridized carbons (Fsp3) is 0.357. The second-order valence-electron chi connectivity index (χ2n) is 4.34. The molecule has 4 nitrogen and oxygen atoms in total. The van der Waals surface area contributed by atoms with E-state index in [4.69, 9.17) is 22.1 Å². The molecule has 0 spiro atoms. The van der Waals surface area contributed by atoms with Crippen LogP contribution in [0, 0.1) is 0 Å². The van der Waals surface area contributed by atoms with E-state index in [0.717, 1.165) is 11.3 Å². The summed E-state index contributed by atoms with van der Waals surface area (Å²) in [4.78, 5) is 1.21. The summed E-state index contributed by atoms with van der Waals surface area (Å²) in [6.07, 6.45) is 3.67. The summed E-state index contributed by atoms with van der Waals surface area (Å²) >= 11 is 7.92. The minimum absolute atomic E-state index is 0.294. The zero-order valence-corrected chi connectivity index (χ0v) is 13.1. The molecule has 1 aromatic heterocycles. The van der Waals surface area contributed by atoms with E-state index in [1.165, 1.54) is 4.90 Å². The van der Waals surface area contributed by atoms with Gasteiger partial charge in [-0.3, -0.25) is 4.68 Å². The van der Waals surface area contributed by atoms with Crippen LogP contribution in [0.4, 0.5) is 0 Å². The van der Waals surface area contributed by atoms with Crippen LogP contribution in [0.1, 0.15) is 17.3 Å². The van der Waals surface area contributed by atoms with Crippen LogP contribution >= 0.6 is 23.4 Å². The maximum absolute atomic E-state index is 6.33. The number of methoxy groups -OCH3 is 1. The summed E-state index contributed by atoms with van der Waals surface area (Å²) in [6, 6.07) is 7.88. The standard InChI is InChI=1S/C14H18ClN3OS/c1-19-8-7-18-14(12(15)9-17-18)13(16)10-3-5-11(20-2)6-4-10/h3-6,9,13H,7-8,16H2,1-2H3. The fourth-order valence-electron chi connectivity index (χ4n) is 2.01. The highest BCUT2D eigenvalue weighted by Crippen LogP contribution is 2.27. The largest absolute Gasteiger partial charge is 0.383 e. The zero-order chi connectivity index (χ0) is 14.5. The van der Waals surface area contributed by atoms with Gasteiger partial charge in [0.05, 0.1) is 36.1 Å². The highest BCUT2D eigenvalue weighted by molar-refractivity contribution is 7.98. The molecule has 20 heavy (non-hydrogen) atoms. The molecule has 1 unspecified atom stereocenters. The van der Waals surface area contributed by atoms with Crippen molar-refractivity contribution in [1.82, 2.24) is 9.78 Å². The van der Waals surface area contributed by atoms with Gasteiger partial charge in [-0.15, -0.1) is 11.8 Å². The van der Waals surface area contributed by atoms with E-state index in [2.05, 4.69) is 17.2 Å². The third-order valence-electron chi connectivity index (χ3n) is 3.11. The highest BCUT2D eigenvalue weighted by Gasteiger charge is 2.18. The highest BCUT2D eigenvalue weighted by atomic mass is 35.5. The first-order valence-electron chi connectivity index (χ1n) is 6.27. The number of nitrogens with zero attached hydrogens (tertiary/aromatic N) is 2. The maximum Gasteiger partial charge on any atom is 0.0837 e. The van der Waals surface area contributed by atoms with Gasteiger partial charge in [-0.2, -0.15) is 5.10 Å². The van der Waals surface area contributed by atoms with Gasteiger partial charge in [0.25, 0.3) is 0 Å². The first-order chi connectivity index (χ1) is 9.67. The van der Waals surface area contributed by atoms with Crippen molar-refractivity contribution in [3.8, 4) is 0 Å². The molecular formula is C14H18ClN3OS. The summed E-state index contributed by atoms with van der Waals surface area (Å²) in [5.41, 5.74) is 8.17. The number of nitrogens with two attached hydrogens (primary N) is 1. The number of benzene rings is 1. The first-order valence-corrected chi connectivity index (χ1v) is 7.87. The lowest BCUT2D eigenvalue weighted by Gasteiger charge is -2.15. The summed E-state index contributed by atoms with van der Waals surface area (Å²) in [5, 5.41) is 4.84. The third-order valence-corrected chi connectivity index (χ3v) is 4.14. The first kappa shape index (κ1) is 15.4. The molecule has 2 N–H and O–H groups in total. The molecule has 0 saturated heterocycles. The van der Waals surface area contributed by atoms with E-state index in [1.54, 1.807) is 29.8 Å². The van der Waals surface area contributed by atoms with E-state index in [9.17, 15) is 0 Å². The van der Waals surface area contributed by atoms with Crippen molar-refractivity contribution >= 4 is 23.4 Å². The van der Waals surface area contributed by atoms with Crippen LogP contribution < -0.4 is 5.73 Å². The van der Waals surface area contributed by atoms with Crippen LogP contribution in [-0.2, 0) is 11.3 Å². The second kappa shape index (κ2) is 7.13. The number of hydrogen-bond acceptors (Lipinski definition) is 4. The van der Waals surface area contributed by atoms with Crippen LogP contribution in [-0.4, -0.2) is 29.8 Å². The maximum atomic E-state index is 6.33. The van der Waals surface area contributed by atoms with E-state index in [1.807, 2.05) is 18.4 Å². The van der Waals surface area contributed by atoms with Crippen molar-refractivity contribution in [3.05, 3.63) is 46.7 Å². The number of aromatic nitrogens is 2. The van der Waals surface area contributed by atoms with Crippen molar-refractivity contribution in [2.24, 2.45) is 5.73 Å². The van der Waals surface area contributed by atoms with Crippen molar-refractivity contribution in [2.45, 2.75) is 17.5 Å². The summed E-state index contributed by atoms with van der Waals surface area (Å²) < 4.78 is 6.88. The monoisotopic (exact) mass is 311 g/mol. The molecule has 2 rings (SSSR count). The Hall–Kier alpha value is -1.01. The Bertz CT molecular complexity index is 556. The lowest BCUT2D eigenvalue weighted by Crippen LogP contribution is -2.19. The third kappa shape index (κ3) is 3.35. The van der Waals surface area contributed by atoms with Crippen LogP contribution in [0.5, 0.6) is 0 Å². The number of rotatable bonds is 6. The van der Waals surface area contributed by atoms with E-state index in [-0.39, 0.29) is 6.04 Å². The number of thioether (sulfide) groups is 1. The van der Waals surface area contributed by atoms with Gasteiger partial charge in [0, 0.05) is 12.0 Å². The van der Waals surface area contributed by atoms with Crippen molar-refractivity contribution in [1.29, 1.82) is 0 Å². The lowest BCUT2D eigenvalue weighted by molar-refractivity contribution is 0.182. The van der Waals surface area contributed by atoms with Gasteiger partial charge in [0.15, 0.2) is 0 Å². The van der Waals surface area contributed by atoms with Gasteiger partial charge in [-0.25, -0.2) is 0 Å². The van der Waals surface area contributed by atoms with Gasteiger partial charge in [0.2, 0.25) is 0 Å².